The van der Waals surface area contributed by atoms with Crippen molar-refractivity contribution >= 4 is 40.0 Å². The average Bonchev–Trinajstić information content (AvgIpc) is 3.13. The second kappa shape index (κ2) is 7.50. The van der Waals surface area contributed by atoms with Gasteiger partial charge in [-0.15, -0.1) is 0 Å². The van der Waals surface area contributed by atoms with Crippen LogP contribution in [0.4, 0.5) is 0 Å². The lowest BCUT2D eigenvalue weighted by molar-refractivity contribution is 0.104. The van der Waals surface area contributed by atoms with Gasteiger partial charge in [-0.1, -0.05) is 23.2 Å². The number of aromatic nitrogens is 3. The molecule has 0 aliphatic carbocycles. The number of H-pyrrole nitrogens is 1. The zero-order valence-corrected chi connectivity index (χ0v) is 16.1. The van der Waals surface area contributed by atoms with Crippen molar-refractivity contribution in [1.82, 2.24) is 15.0 Å². The number of rotatable bonds is 5. The van der Waals surface area contributed by atoms with Crippen molar-refractivity contribution in [1.29, 1.82) is 0 Å². The molecule has 1 N–H and O–H groups in total. The number of carbonyl (C=O) groups is 1. The highest BCUT2D eigenvalue weighted by molar-refractivity contribution is 6.39. The highest BCUT2D eigenvalue weighted by Gasteiger charge is 2.19. The third kappa shape index (κ3) is 3.40. The summed E-state index contributed by atoms with van der Waals surface area (Å²) >= 11 is 12.6. The first-order valence-electron chi connectivity index (χ1n) is 8.19. The first-order valence-corrected chi connectivity index (χ1v) is 8.95. The van der Waals surface area contributed by atoms with Crippen LogP contribution in [-0.4, -0.2) is 27.8 Å². The van der Waals surface area contributed by atoms with Crippen molar-refractivity contribution in [2.75, 3.05) is 7.11 Å². The molecule has 0 amide bonds. The maximum Gasteiger partial charge on any atom is 0.196 e. The van der Waals surface area contributed by atoms with Gasteiger partial charge in [0, 0.05) is 35.5 Å². The van der Waals surface area contributed by atoms with E-state index in [0.717, 1.165) is 0 Å². The Labute approximate surface area is 170 Å². The third-order valence-corrected chi connectivity index (χ3v) is 4.74. The van der Waals surface area contributed by atoms with Crippen molar-refractivity contribution < 1.29 is 14.3 Å². The number of fused-ring (bicyclic) bond motifs is 1. The molecule has 0 saturated carbocycles. The van der Waals surface area contributed by atoms with Crippen LogP contribution in [-0.2, 0) is 0 Å². The number of nitrogens with one attached hydrogen (secondary N) is 1. The molecule has 3 aromatic heterocycles. The van der Waals surface area contributed by atoms with Gasteiger partial charge in [-0.3, -0.25) is 9.78 Å². The minimum absolute atomic E-state index is 0.257. The number of ether oxygens (including phenoxy) is 2. The van der Waals surface area contributed by atoms with Crippen LogP contribution >= 0.6 is 23.2 Å². The molecule has 0 fully saturated rings. The van der Waals surface area contributed by atoms with Gasteiger partial charge in [0.1, 0.15) is 22.9 Å². The number of pyridine rings is 2. The summed E-state index contributed by atoms with van der Waals surface area (Å²) < 4.78 is 10.9. The van der Waals surface area contributed by atoms with Crippen LogP contribution in [0.1, 0.15) is 15.9 Å². The van der Waals surface area contributed by atoms with E-state index in [1.165, 1.54) is 0 Å². The molecule has 140 valence electrons. The van der Waals surface area contributed by atoms with Gasteiger partial charge in [0.25, 0.3) is 0 Å². The smallest absolute Gasteiger partial charge is 0.196 e. The van der Waals surface area contributed by atoms with E-state index >= 15 is 0 Å². The summed E-state index contributed by atoms with van der Waals surface area (Å²) in [6.07, 6.45) is 6.27. The minimum atomic E-state index is -0.263. The van der Waals surface area contributed by atoms with Crippen molar-refractivity contribution in [2.45, 2.75) is 0 Å². The zero-order chi connectivity index (χ0) is 19.7. The first-order chi connectivity index (χ1) is 13.6. The number of halogens is 2. The molecule has 3 heterocycles. The van der Waals surface area contributed by atoms with Crippen LogP contribution in [0.3, 0.4) is 0 Å². The Kier molecular flexibility index (Phi) is 4.90. The van der Waals surface area contributed by atoms with E-state index in [9.17, 15) is 4.79 Å². The van der Waals surface area contributed by atoms with Crippen LogP contribution < -0.4 is 9.47 Å². The number of aromatic amines is 1. The lowest BCUT2D eigenvalue weighted by Crippen LogP contribution is -2.02. The van der Waals surface area contributed by atoms with Gasteiger partial charge in [0.15, 0.2) is 5.78 Å². The molecule has 0 unspecified atom stereocenters. The predicted molar refractivity (Wildman–Crippen MR) is 107 cm³/mol. The summed E-state index contributed by atoms with van der Waals surface area (Å²) in [5.74, 6) is 1.26. The van der Waals surface area contributed by atoms with Gasteiger partial charge < -0.3 is 14.5 Å². The number of ketones is 1. The van der Waals surface area contributed by atoms with E-state index in [2.05, 4.69) is 15.0 Å². The van der Waals surface area contributed by atoms with E-state index in [1.807, 2.05) is 0 Å². The molecule has 0 atom stereocenters. The molecule has 6 nitrogen and oxygen atoms in total. The second-order valence-corrected chi connectivity index (χ2v) is 6.67. The van der Waals surface area contributed by atoms with Gasteiger partial charge in [-0.25, -0.2) is 4.98 Å². The Balaban J connectivity index is 1.64. The van der Waals surface area contributed by atoms with Crippen LogP contribution in [0.5, 0.6) is 17.2 Å². The molecule has 4 rings (SSSR count). The van der Waals surface area contributed by atoms with Crippen molar-refractivity contribution in [3.63, 3.8) is 0 Å². The first kappa shape index (κ1) is 18.3. The van der Waals surface area contributed by atoms with Gasteiger partial charge in [0.05, 0.1) is 35.1 Å². The van der Waals surface area contributed by atoms with Crippen molar-refractivity contribution in [2.24, 2.45) is 0 Å². The highest BCUT2D eigenvalue weighted by atomic mass is 35.5. The third-order valence-electron chi connectivity index (χ3n) is 4.11. The van der Waals surface area contributed by atoms with E-state index in [0.29, 0.717) is 44.4 Å². The number of methoxy groups -OCH3 is 1. The topological polar surface area (TPSA) is 77.1 Å². The maximum atomic E-state index is 13.0. The molecule has 0 bridgehead atoms. The molecule has 0 saturated heterocycles. The van der Waals surface area contributed by atoms with Crippen LogP contribution in [0.15, 0.2) is 55.1 Å². The molecule has 1 aromatic carbocycles. The molecule has 0 aliphatic rings. The quantitative estimate of drug-likeness (QED) is 0.449. The minimum Gasteiger partial charge on any atom is -0.495 e. The molecule has 0 radical (unpaired) electrons. The van der Waals surface area contributed by atoms with Gasteiger partial charge in [-0.2, -0.15) is 0 Å². The Morgan fingerprint density at radius 1 is 1.00 bits per heavy atom. The number of carbonyl (C=O) groups excluding carboxylic acids is 1. The van der Waals surface area contributed by atoms with Crippen LogP contribution in [0.25, 0.3) is 11.0 Å². The largest absolute Gasteiger partial charge is 0.495 e. The normalized spacial score (nSPS) is 10.8. The van der Waals surface area contributed by atoms with E-state index < -0.39 is 0 Å². The standard InChI is InChI=1S/C20H13Cl2N3O3/c1-27-12-6-13(9-23-8-12)28-11-2-3-14(17(22)7-11)19(26)15-10-25-20-18(15)16(21)4-5-24-20/h2-10H,1H3,(H,24,25). The molecular weight excluding hydrogens is 401 g/mol. The number of benzene rings is 1. The summed E-state index contributed by atoms with van der Waals surface area (Å²) in [5, 5.41) is 1.26. The van der Waals surface area contributed by atoms with E-state index in [-0.39, 0.29) is 10.8 Å². The van der Waals surface area contributed by atoms with Crippen LogP contribution in [0, 0.1) is 0 Å². The van der Waals surface area contributed by atoms with Crippen molar-refractivity contribution in [3.8, 4) is 17.2 Å². The maximum absolute atomic E-state index is 13.0. The fraction of sp³-hybridized carbons (Fsp3) is 0.0500. The average molecular weight is 414 g/mol. The highest BCUT2D eigenvalue weighted by Crippen LogP contribution is 2.32. The predicted octanol–water partition coefficient (Wildman–Crippen LogP) is 5.30. The van der Waals surface area contributed by atoms with Crippen molar-refractivity contribution in [3.05, 3.63) is 76.3 Å². The lowest BCUT2D eigenvalue weighted by atomic mass is 10.0. The number of hydrogen-bond donors (Lipinski definition) is 1. The second-order valence-electron chi connectivity index (χ2n) is 5.85. The Morgan fingerprint density at radius 3 is 2.61 bits per heavy atom. The molecule has 0 aliphatic heterocycles. The SMILES string of the molecule is COc1cncc(Oc2ccc(C(=O)c3c[nH]c4nccc(Cl)c34)c(Cl)c2)c1. The summed E-state index contributed by atoms with van der Waals surface area (Å²) in [6, 6.07) is 8.17. The monoisotopic (exact) mass is 413 g/mol. The van der Waals surface area contributed by atoms with Gasteiger partial charge in [0.2, 0.25) is 0 Å². The molecule has 0 spiro atoms. The lowest BCUT2D eigenvalue weighted by Gasteiger charge is -2.09. The summed E-state index contributed by atoms with van der Waals surface area (Å²) in [6.45, 7) is 0. The fourth-order valence-corrected chi connectivity index (χ4v) is 3.29. The Morgan fingerprint density at radius 2 is 1.82 bits per heavy atom. The number of nitrogens with zero attached hydrogens (tertiary/aromatic N) is 2. The number of hydrogen-bond acceptors (Lipinski definition) is 5. The molecule has 28 heavy (non-hydrogen) atoms. The summed E-state index contributed by atoms with van der Waals surface area (Å²) in [7, 11) is 1.55. The van der Waals surface area contributed by atoms with E-state index in [1.54, 1.807) is 62.2 Å². The Hall–Kier alpha value is -3.09. The summed E-state index contributed by atoms with van der Waals surface area (Å²) in [4.78, 5) is 24.1. The van der Waals surface area contributed by atoms with Gasteiger partial charge in [-0.05, 0) is 18.2 Å². The molecular formula is C20H13Cl2N3O3. The molecule has 4 aromatic rings. The summed E-state index contributed by atoms with van der Waals surface area (Å²) in [5.41, 5.74) is 1.27. The van der Waals surface area contributed by atoms with E-state index in [4.69, 9.17) is 32.7 Å². The van der Waals surface area contributed by atoms with Gasteiger partial charge >= 0.3 is 0 Å². The fourth-order valence-electron chi connectivity index (χ4n) is 2.79. The van der Waals surface area contributed by atoms with Crippen LogP contribution in [0.2, 0.25) is 10.0 Å². The Bertz CT molecular complexity index is 1190. The molecule has 8 heteroatoms. The zero-order valence-electron chi connectivity index (χ0n) is 14.6.